The van der Waals surface area contributed by atoms with Crippen molar-refractivity contribution >= 4 is 63.3 Å². The van der Waals surface area contributed by atoms with Crippen molar-refractivity contribution in [3.63, 3.8) is 0 Å². The summed E-state index contributed by atoms with van der Waals surface area (Å²) < 4.78 is 5.39. The van der Waals surface area contributed by atoms with Crippen LogP contribution in [-0.4, -0.2) is 25.2 Å². The number of anilines is 2. The number of hydrogen-bond acceptors (Lipinski definition) is 6. The Hall–Kier alpha value is -2.87. The summed E-state index contributed by atoms with van der Waals surface area (Å²) in [5.41, 5.74) is 3.62. The SMILES string of the molecule is COc1ccc2c(c1)N(C)C(=C1SC(=Nc3ccc(Cl)cc3)N(c3cccc(C)c3)C1=O)S2. The molecule has 2 aliphatic rings. The van der Waals surface area contributed by atoms with E-state index >= 15 is 0 Å². The molecule has 0 spiro atoms. The van der Waals surface area contributed by atoms with E-state index in [-0.39, 0.29) is 5.91 Å². The molecule has 1 saturated heterocycles. The van der Waals surface area contributed by atoms with Gasteiger partial charge in [0.1, 0.15) is 10.7 Å². The maximum atomic E-state index is 13.8. The van der Waals surface area contributed by atoms with Gasteiger partial charge in [-0.25, -0.2) is 4.99 Å². The molecular weight excluding hydrogens is 474 g/mol. The predicted molar refractivity (Wildman–Crippen MR) is 139 cm³/mol. The van der Waals surface area contributed by atoms with Crippen molar-refractivity contribution in [1.29, 1.82) is 0 Å². The van der Waals surface area contributed by atoms with Crippen LogP contribution in [0.4, 0.5) is 17.1 Å². The Kier molecular flexibility index (Phi) is 5.86. The first-order chi connectivity index (χ1) is 15.9. The molecule has 0 aromatic heterocycles. The molecule has 5 rings (SSSR count). The number of fused-ring (bicyclic) bond motifs is 1. The fourth-order valence-corrected chi connectivity index (χ4v) is 6.10. The van der Waals surface area contributed by atoms with Crippen LogP contribution in [0.2, 0.25) is 5.02 Å². The van der Waals surface area contributed by atoms with Crippen molar-refractivity contribution in [2.75, 3.05) is 24.0 Å². The monoisotopic (exact) mass is 493 g/mol. The summed E-state index contributed by atoms with van der Waals surface area (Å²) in [4.78, 5) is 24.0. The Labute approximate surface area is 206 Å². The molecule has 0 unspecified atom stereocenters. The predicted octanol–water partition coefficient (Wildman–Crippen LogP) is 6.84. The lowest BCUT2D eigenvalue weighted by atomic mass is 10.2. The second-order valence-corrected chi connectivity index (χ2v) is 10.0. The van der Waals surface area contributed by atoms with Crippen molar-refractivity contribution in [1.82, 2.24) is 0 Å². The lowest BCUT2D eigenvalue weighted by Gasteiger charge is -2.17. The number of carbonyl (C=O) groups excluding carboxylic acids is 1. The van der Waals surface area contributed by atoms with Gasteiger partial charge in [0.15, 0.2) is 5.17 Å². The molecule has 3 aromatic carbocycles. The van der Waals surface area contributed by atoms with Crippen molar-refractivity contribution < 1.29 is 9.53 Å². The number of thioether (sulfide) groups is 2. The van der Waals surface area contributed by atoms with Crippen LogP contribution >= 0.6 is 35.1 Å². The van der Waals surface area contributed by atoms with Gasteiger partial charge < -0.3 is 9.64 Å². The van der Waals surface area contributed by atoms with Crippen LogP contribution in [0.15, 0.2) is 86.6 Å². The number of amides is 1. The van der Waals surface area contributed by atoms with Gasteiger partial charge in [0.05, 0.1) is 29.2 Å². The molecule has 2 aliphatic heterocycles. The summed E-state index contributed by atoms with van der Waals surface area (Å²) >= 11 is 9.01. The van der Waals surface area contributed by atoms with E-state index in [1.54, 1.807) is 35.9 Å². The number of amidine groups is 1. The number of rotatable bonds is 3. The fraction of sp³-hybridized carbons (Fsp3) is 0.120. The number of nitrogens with zero attached hydrogens (tertiary/aromatic N) is 3. The molecule has 0 saturated carbocycles. The minimum Gasteiger partial charge on any atom is -0.497 e. The third-order valence-corrected chi connectivity index (χ3v) is 7.97. The smallest absolute Gasteiger partial charge is 0.274 e. The Morgan fingerprint density at radius 3 is 2.52 bits per heavy atom. The van der Waals surface area contributed by atoms with Crippen molar-refractivity contribution in [3.05, 3.63) is 87.3 Å². The van der Waals surface area contributed by atoms with E-state index in [9.17, 15) is 4.79 Å². The summed E-state index contributed by atoms with van der Waals surface area (Å²) in [7, 11) is 3.62. The molecule has 1 fully saturated rings. The van der Waals surface area contributed by atoms with Crippen LogP contribution in [0.5, 0.6) is 5.75 Å². The number of carbonyl (C=O) groups is 1. The highest BCUT2D eigenvalue weighted by atomic mass is 35.5. The zero-order valence-electron chi connectivity index (χ0n) is 18.2. The molecule has 8 heteroatoms. The third kappa shape index (κ3) is 4.12. The molecule has 0 aliphatic carbocycles. The lowest BCUT2D eigenvalue weighted by molar-refractivity contribution is -0.113. The largest absolute Gasteiger partial charge is 0.497 e. The van der Waals surface area contributed by atoms with E-state index in [0.717, 1.165) is 38.3 Å². The average Bonchev–Trinajstić information content (AvgIpc) is 3.31. The maximum Gasteiger partial charge on any atom is 0.274 e. The van der Waals surface area contributed by atoms with Gasteiger partial charge in [0, 0.05) is 23.0 Å². The summed E-state index contributed by atoms with van der Waals surface area (Å²) in [6.45, 7) is 2.01. The van der Waals surface area contributed by atoms with Gasteiger partial charge in [-0.1, -0.05) is 35.5 Å². The normalized spacial score (nSPS) is 18.9. The molecule has 1 amide bonds. The molecular formula is C25H20ClN3O2S2. The zero-order chi connectivity index (χ0) is 23.1. The minimum atomic E-state index is -0.0903. The Bertz CT molecular complexity index is 1320. The number of aryl methyl sites for hydroxylation is 1. The molecule has 5 nitrogen and oxygen atoms in total. The van der Waals surface area contributed by atoms with Crippen molar-refractivity contribution in [2.45, 2.75) is 11.8 Å². The van der Waals surface area contributed by atoms with Crippen LogP contribution in [0.1, 0.15) is 5.56 Å². The number of ether oxygens (including phenoxy) is 1. The standard InChI is InChI=1S/C25H20ClN3O2S2/c1-15-5-4-6-18(13-15)29-23(30)22(33-25(29)27-17-9-7-16(26)8-10-17)24-28(2)20-14-19(31-3)11-12-21(20)32-24/h4-14H,1-3H3. The molecule has 0 N–H and O–H groups in total. The van der Waals surface area contributed by atoms with Crippen LogP contribution in [0, 0.1) is 6.92 Å². The average molecular weight is 494 g/mol. The molecule has 0 radical (unpaired) electrons. The van der Waals surface area contributed by atoms with Gasteiger partial charge >= 0.3 is 0 Å². The number of halogens is 1. The highest BCUT2D eigenvalue weighted by molar-refractivity contribution is 8.20. The van der Waals surface area contributed by atoms with E-state index in [2.05, 4.69) is 0 Å². The van der Waals surface area contributed by atoms with Gasteiger partial charge in [-0.3, -0.25) is 9.69 Å². The van der Waals surface area contributed by atoms with Crippen LogP contribution in [0.25, 0.3) is 0 Å². The second-order valence-electron chi connectivity index (χ2n) is 7.58. The minimum absolute atomic E-state index is 0.0903. The molecule has 0 bridgehead atoms. The van der Waals surface area contributed by atoms with Crippen LogP contribution < -0.4 is 14.5 Å². The van der Waals surface area contributed by atoms with Crippen LogP contribution in [-0.2, 0) is 4.79 Å². The van der Waals surface area contributed by atoms with Crippen LogP contribution in [0.3, 0.4) is 0 Å². The number of methoxy groups -OCH3 is 1. The Morgan fingerprint density at radius 1 is 1.00 bits per heavy atom. The van der Waals surface area contributed by atoms with Gasteiger partial charge in [0.25, 0.3) is 5.91 Å². The van der Waals surface area contributed by atoms with Gasteiger partial charge in [0.2, 0.25) is 0 Å². The number of benzene rings is 3. The Balaban J connectivity index is 1.60. The van der Waals surface area contributed by atoms with E-state index in [4.69, 9.17) is 21.3 Å². The Morgan fingerprint density at radius 2 is 1.79 bits per heavy atom. The third-order valence-electron chi connectivity index (χ3n) is 5.33. The molecule has 0 atom stereocenters. The lowest BCUT2D eigenvalue weighted by Crippen LogP contribution is -2.29. The molecule has 3 aromatic rings. The second kappa shape index (κ2) is 8.82. The van der Waals surface area contributed by atoms with Gasteiger partial charge in [-0.05, 0) is 72.8 Å². The summed E-state index contributed by atoms with van der Waals surface area (Å²) in [5, 5.41) is 2.13. The molecule has 166 valence electrons. The van der Waals surface area contributed by atoms with E-state index < -0.39 is 0 Å². The van der Waals surface area contributed by atoms with E-state index in [0.29, 0.717) is 15.1 Å². The number of hydrogen-bond donors (Lipinski definition) is 0. The first kappa shape index (κ1) is 21.9. The molecule has 2 heterocycles. The topological polar surface area (TPSA) is 45.1 Å². The fourth-order valence-electron chi connectivity index (χ4n) is 3.65. The summed E-state index contributed by atoms with van der Waals surface area (Å²) in [6, 6.07) is 21.1. The van der Waals surface area contributed by atoms with E-state index in [1.807, 2.05) is 73.5 Å². The first-order valence-corrected chi connectivity index (χ1v) is 12.2. The zero-order valence-corrected chi connectivity index (χ0v) is 20.6. The molecule has 33 heavy (non-hydrogen) atoms. The number of aliphatic imine (C=N–C) groups is 1. The highest BCUT2D eigenvalue weighted by Crippen LogP contribution is 2.51. The quantitative estimate of drug-likeness (QED) is 0.374. The summed E-state index contributed by atoms with van der Waals surface area (Å²) in [5.74, 6) is 0.691. The van der Waals surface area contributed by atoms with Gasteiger partial charge in [-0.2, -0.15) is 0 Å². The van der Waals surface area contributed by atoms with Crippen molar-refractivity contribution in [2.24, 2.45) is 4.99 Å². The summed E-state index contributed by atoms with van der Waals surface area (Å²) in [6.07, 6.45) is 0. The van der Waals surface area contributed by atoms with Gasteiger partial charge in [-0.15, -0.1) is 0 Å². The first-order valence-electron chi connectivity index (χ1n) is 10.2. The van der Waals surface area contributed by atoms with E-state index in [1.165, 1.54) is 11.8 Å². The van der Waals surface area contributed by atoms with Crippen molar-refractivity contribution in [3.8, 4) is 5.75 Å². The maximum absolute atomic E-state index is 13.8. The highest BCUT2D eigenvalue weighted by Gasteiger charge is 2.40.